The van der Waals surface area contributed by atoms with Gasteiger partial charge < -0.3 is 10.2 Å². The van der Waals surface area contributed by atoms with Crippen LogP contribution in [0.15, 0.2) is 60.7 Å². The number of nitrogens with one attached hydrogen (secondary N) is 1. The molecular formula is C22H24N4O. The second-order valence-electron chi connectivity index (χ2n) is 6.24. The molecule has 5 heteroatoms. The molecule has 0 amide bonds. The van der Waals surface area contributed by atoms with Crippen molar-refractivity contribution in [3.63, 3.8) is 0 Å². The maximum absolute atomic E-state index is 11.7. The van der Waals surface area contributed by atoms with E-state index in [4.69, 9.17) is 9.97 Å². The van der Waals surface area contributed by atoms with Crippen LogP contribution in [0.4, 0.5) is 17.3 Å². The molecule has 0 aliphatic rings. The number of nitrogens with zero attached hydrogens (tertiary/aromatic N) is 3. The van der Waals surface area contributed by atoms with Gasteiger partial charge >= 0.3 is 0 Å². The average Bonchev–Trinajstić information content (AvgIpc) is 2.69. The number of benzene rings is 2. The smallest absolute Gasteiger partial charge is 0.163 e. The van der Waals surface area contributed by atoms with Gasteiger partial charge in [0.2, 0.25) is 0 Å². The maximum Gasteiger partial charge on any atom is 0.163 e. The van der Waals surface area contributed by atoms with Crippen molar-refractivity contribution < 1.29 is 4.79 Å². The quantitative estimate of drug-likeness (QED) is 0.605. The van der Waals surface area contributed by atoms with Gasteiger partial charge in [-0.3, -0.25) is 4.79 Å². The Balaban J connectivity index is 2.02. The zero-order valence-corrected chi connectivity index (χ0v) is 15.9. The number of rotatable bonds is 7. The van der Waals surface area contributed by atoms with Crippen molar-refractivity contribution in [2.45, 2.75) is 20.8 Å². The summed E-state index contributed by atoms with van der Waals surface area (Å²) in [4.78, 5) is 23.3. The zero-order chi connectivity index (χ0) is 19.2. The summed E-state index contributed by atoms with van der Waals surface area (Å²) < 4.78 is 0. The molecule has 0 spiro atoms. The summed E-state index contributed by atoms with van der Waals surface area (Å²) in [5, 5.41) is 3.32. The first-order chi connectivity index (χ1) is 13.1. The molecule has 3 rings (SSSR count). The van der Waals surface area contributed by atoms with Crippen molar-refractivity contribution >= 4 is 23.1 Å². The van der Waals surface area contributed by atoms with E-state index in [1.807, 2.05) is 60.7 Å². The molecule has 0 bridgehead atoms. The Morgan fingerprint density at radius 3 is 2.37 bits per heavy atom. The van der Waals surface area contributed by atoms with Crippen molar-refractivity contribution in [3.8, 4) is 11.4 Å². The van der Waals surface area contributed by atoms with Crippen molar-refractivity contribution in [2.24, 2.45) is 0 Å². The van der Waals surface area contributed by atoms with Gasteiger partial charge in [0.1, 0.15) is 11.6 Å². The topological polar surface area (TPSA) is 58.1 Å². The summed E-state index contributed by atoms with van der Waals surface area (Å²) in [5.74, 6) is 2.28. The molecule has 0 radical (unpaired) electrons. The minimum Gasteiger partial charge on any atom is -0.357 e. The van der Waals surface area contributed by atoms with E-state index in [9.17, 15) is 4.79 Å². The fourth-order valence-electron chi connectivity index (χ4n) is 2.89. The monoisotopic (exact) mass is 360 g/mol. The summed E-state index contributed by atoms with van der Waals surface area (Å²) in [7, 11) is 0. The number of aromatic nitrogens is 2. The predicted molar refractivity (Wildman–Crippen MR) is 111 cm³/mol. The minimum atomic E-state index is 0.0372. The summed E-state index contributed by atoms with van der Waals surface area (Å²) >= 11 is 0. The van der Waals surface area contributed by atoms with Crippen LogP contribution in [0.1, 0.15) is 31.1 Å². The van der Waals surface area contributed by atoms with Gasteiger partial charge in [-0.25, -0.2) is 9.97 Å². The zero-order valence-electron chi connectivity index (χ0n) is 15.9. The van der Waals surface area contributed by atoms with Crippen molar-refractivity contribution in [1.82, 2.24) is 9.97 Å². The van der Waals surface area contributed by atoms with Crippen LogP contribution in [0, 0.1) is 0 Å². The number of hydrogen-bond acceptors (Lipinski definition) is 5. The Bertz CT molecular complexity index is 921. The molecule has 0 unspecified atom stereocenters. The molecule has 27 heavy (non-hydrogen) atoms. The van der Waals surface area contributed by atoms with Crippen molar-refractivity contribution in [2.75, 3.05) is 23.3 Å². The van der Waals surface area contributed by atoms with Gasteiger partial charge in [-0.1, -0.05) is 42.5 Å². The first-order valence-electron chi connectivity index (χ1n) is 9.18. The van der Waals surface area contributed by atoms with Crippen LogP contribution in [0.2, 0.25) is 0 Å². The normalized spacial score (nSPS) is 10.5. The van der Waals surface area contributed by atoms with E-state index >= 15 is 0 Å². The highest BCUT2D eigenvalue weighted by Gasteiger charge is 2.11. The maximum atomic E-state index is 11.7. The summed E-state index contributed by atoms with van der Waals surface area (Å²) in [6, 6.07) is 19.3. The molecule has 0 saturated heterocycles. The largest absolute Gasteiger partial charge is 0.357 e. The highest BCUT2D eigenvalue weighted by Crippen LogP contribution is 2.25. The lowest BCUT2D eigenvalue weighted by atomic mass is 10.1. The highest BCUT2D eigenvalue weighted by molar-refractivity contribution is 5.95. The van der Waals surface area contributed by atoms with E-state index in [0.29, 0.717) is 17.2 Å². The molecule has 1 heterocycles. The molecule has 138 valence electrons. The molecule has 0 aliphatic carbocycles. The van der Waals surface area contributed by atoms with E-state index in [1.165, 1.54) is 0 Å². The fourth-order valence-corrected chi connectivity index (χ4v) is 2.89. The number of carbonyl (C=O) groups excluding carboxylic acids is 1. The Morgan fingerprint density at radius 2 is 1.70 bits per heavy atom. The number of ketones is 1. The van der Waals surface area contributed by atoms with Gasteiger partial charge in [-0.15, -0.1) is 0 Å². The predicted octanol–water partition coefficient (Wildman–Crippen LogP) is 4.94. The standard InChI is InChI=1S/C22H24N4O/c1-4-26(5-2)21-15-20(23-19-13-9-12-18(14-19)16(3)27)24-22(25-21)17-10-7-6-8-11-17/h6-15H,4-5H2,1-3H3,(H,23,24,25). The highest BCUT2D eigenvalue weighted by atomic mass is 16.1. The Kier molecular flexibility index (Phi) is 5.81. The number of hydrogen-bond donors (Lipinski definition) is 1. The molecule has 1 aromatic heterocycles. The van der Waals surface area contributed by atoms with Crippen LogP contribution < -0.4 is 10.2 Å². The van der Waals surface area contributed by atoms with Crippen LogP contribution in [0.3, 0.4) is 0 Å². The lowest BCUT2D eigenvalue weighted by Gasteiger charge is -2.21. The van der Waals surface area contributed by atoms with Crippen molar-refractivity contribution in [3.05, 3.63) is 66.2 Å². The van der Waals surface area contributed by atoms with E-state index in [0.717, 1.165) is 30.2 Å². The molecule has 1 N–H and O–H groups in total. The molecule has 0 aliphatic heterocycles. The van der Waals surface area contributed by atoms with Gasteiger partial charge in [0, 0.05) is 36.0 Å². The first kappa shape index (κ1) is 18.6. The van der Waals surface area contributed by atoms with E-state index < -0.39 is 0 Å². The third-order valence-corrected chi connectivity index (χ3v) is 4.37. The van der Waals surface area contributed by atoms with Gasteiger partial charge in [-0.05, 0) is 32.9 Å². The SMILES string of the molecule is CCN(CC)c1cc(Nc2cccc(C(C)=O)c2)nc(-c2ccccc2)n1. The van der Waals surface area contributed by atoms with Crippen LogP contribution in [0.25, 0.3) is 11.4 Å². The molecule has 0 fully saturated rings. The van der Waals surface area contributed by atoms with Crippen LogP contribution in [0.5, 0.6) is 0 Å². The van der Waals surface area contributed by atoms with Crippen molar-refractivity contribution in [1.29, 1.82) is 0 Å². The Hall–Kier alpha value is -3.21. The number of carbonyl (C=O) groups is 1. The number of Topliss-reactive ketones (excluding diaryl/α,β-unsaturated/α-hetero) is 1. The Morgan fingerprint density at radius 1 is 0.963 bits per heavy atom. The lowest BCUT2D eigenvalue weighted by molar-refractivity contribution is 0.101. The summed E-state index contributed by atoms with van der Waals surface area (Å²) in [6.45, 7) is 7.51. The third-order valence-electron chi connectivity index (χ3n) is 4.37. The minimum absolute atomic E-state index is 0.0372. The van der Waals surface area contributed by atoms with E-state index in [1.54, 1.807) is 6.92 Å². The second kappa shape index (κ2) is 8.45. The molecule has 5 nitrogen and oxygen atoms in total. The third kappa shape index (κ3) is 4.50. The Labute approximate surface area is 160 Å². The average molecular weight is 360 g/mol. The second-order valence-corrected chi connectivity index (χ2v) is 6.24. The molecule has 0 atom stereocenters. The van der Waals surface area contributed by atoms with E-state index in [-0.39, 0.29) is 5.78 Å². The lowest BCUT2D eigenvalue weighted by Crippen LogP contribution is -2.23. The van der Waals surface area contributed by atoms with Gasteiger partial charge in [0.05, 0.1) is 0 Å². The van der Waals surface area contributed by atoms with Crippen LogP contribution in [-0.4, -0.2) is 28.8 Å². The van der Waals surface area contributed by atoms with Gasteiger partial charge in [0.25, 0.3) is 0 Å². The number of anilines is 3. The molecular weight excluding hydrogens is 336 g/mol. The van der Waals surface area contributed by atoms with E-state index in [2.05, 4.69) is 24.1 Å². The molecule has 3 aromatic rings. The van der Waals surface area contributed by atoms with Crippen LogP contribution in [-0.2, 0) is 0 Å². The fraction of sp³-hybridized carbons (Fsp3) is 0.227. The van der Waals surface area contributed by atoms with Gasteiger partial charge in [-0.2, -0.15) is 0 Å². The van der Waals surface area contributed by atoms with Crippen LogP contribution >= 0.6 is 0 Å². The van der Waals surface area contributed by atoms with Gasteiger partial charge in [0.15, 0.2) is 11.6 Å². The molecule has 2 aromatic carbocycles. The molecule has 0 saturated carbocycles. The first-order valence-corrected chi connectivity index (χ1v) is 9.18. The summed E-state index contributed by atoms with van der Waals surface area (Å²) in [5.41, 5.74) is 2.46. The summed E-state index contributed by atoms with van der Waals surface area (Å²) in [6.07, 6.45) is 0.